The Balaban J connectivity index is 1.96. The molecule has 1 aliphatic heterocycles. The number of aliphatic imine (C=N–C) groups is 1. The number of esters is 1. The minimum absolute atomic E-state index is 0.238. The summed E-state index contributed by atoms with van der Waals surface area (Å²) in [6.45, 7) is 3.90. The van der Waals surface area contributed by atoms with Crippen molar-refractivity contribution < 1.29 is 13.9 Å². The summed E-state index contributed by atoms with van der Waals surface area (Å²) in [5, 5.41) is 0. The van der Waals surface area contributed by atoms with Crippen molar-refractivity contribution in [1.29, 1.82) is 0 Å². The van der Waals surface area contributed by atoms with Crippen molar-refractivity contribution in [3.05, 3.63) is 69.8 Å². The lowest BCUT2D eigenvalue weighted by atomic mass is 9.93. The van der Waals surface area contributed by atoms with Crippen LogP contribution in [0, 0.1) is 0 Å². The maximum atomic E-state index is 14.7. The summed E-state index contributed by atoms with van der Waals surface area (Å²) in [6, 6.07) is 5.34. The molecule has 2 unspecified atom stereocenters. The Labute approximate surface area is 170 Å². The van der Waals surface area contributed by atoms with Gasteiger partial charge in [0.2, 0.25) is 0 Å². The molecule has 0 spiro atoms. The fourth-order valence-corrected chi connectivity index (χ4v) is 3.96. The van der Waals surface area contributed by atoms with E-state index in [2.05, 4.69) is 20.9 Å². The predicted octanol–water partition coefficient (Wildman–Crippen LogP) is 4.90. The number of hydrogen-bond donors (Lipinski definition) is 0. The minimum atomic E-state index is -1.12. The highest BCUT2D eigenvalue weighted by atomic mass is 79.9. The third-order valence-corrected chi connectivity index (χ3v) is 5.32. The van der Waals surface area contributed by atoms with Crippen molar-refractivity contribution in [2.45, 2.75) is 32.5 Å². The molecule has 0 N–H and O–H groups in total. The van der Waals surface area contributed by atoms with Gasteiger partial charge in [-0.05, 0) is 32.0 Å². The number of fused-ring (bicyclic) bond motifs is 3. The monoisotopic (exact) mass is 443 g/mol. The van der Waals surface area contributed by atoms with E-state index in [0.29, 0.717) is 23.4 Å². The van der Waals surface area contributed by atoms with Gasteiger partial charge in [-0.25, -0.2) is 14.2 Å². The molecule has 144 valence electrons. The lowest BCUT2D eigenvalue weighted by Gasteiger charge is -2.18. The first-order valence-corrected chi connectivity index (χ1v) is 9.94. The van der Waals surface area contributed by atoms with E-state index in [-0.39, 0.29) is 12.3 Å². The fraction of sp³-hybridized carbons (Fsp3) is 0.286. The zero-order valence-corrected chi connectivity index (χ0v) is 17.1. The number of nitrogens with zero attached hydrogens (tertiary/aromatic N) is 3. The third kappa shape index (κ3) is 3.13. The lowest BCUT2D eigenvalue weighted by Crippen LogP contribution is -2.18. The van der Waals surface area contributed by atoms with Crippen LogP contribution in [0.15, 0.2) is 57.8 Å². The number of benzene rings is 1. The Hall–Kier alpha value is -2.54. The molecule has 2 aromatic rings. The van der Waals surface area contributed by atoms with E-state index in [0.717, 1.165) is 15.7 Å². The van der Waals surface area contributed by atoms with Crippen LogP contribution in [-0.2, 0) is 4.74 Å². The van der Waals surface area contributed by atoms with Gasteiger partial charge in [-0.2, -0.15) is 0 Å². The maximum absolute atomic E-state index is 14.7. The number of allylic oxidation sites excluding steroid dienone is 4. The van der Waals surface area contributed by atoms with Crippen LogP contribution in [0.1, 0.15) is 48.1 Å². The summed E-state index contributed by atoms with van der Waals surface area (Å²) in [5.74, 6) is -0.483. The van der Waals surface area contributed by atoms with Gasteiger partial charge in [0.15, 0.2) is 5.69 Å². The maximum Gasteiger partial charge on any atom is 0.358 e. The van der Waals surface area contributed by atoms with E-state index in [1.54, 1.807) is 19.3 Å². The molecular weight excluding hydrogens is 425 g/mol. The predicted molar refractivity (Wildman–Crippen MR) is 109 cm³/mol. The van der Waals surface area contributed by atoms with Gasteiger partial charge < -0.3 is 4.74 Å². The average Bonchev–Trinajstić information content (AvgIpc) is 3.07. The second-order valence-corrected chi connectivity index (χ2v) is 7.55. The highest BCUT2D eigenvalue weighted by Crippen LogP contribution is 2.35. The number of rotatable bonds is 3. The van der Waals surface area contributed by atoms with E-state index in [1.807, 2.05) is 41.8 Å². The molecule has 2 atom stereocenters. The first kappa shape index (κ1) is 18.8. The van der Waals surface area contributed by atoms with Crippen molar-refractivity contribution in [3.8, 4) is 5.69 Å². The zero-order valence-electron chi connectivity index (χ0n) is 15.5. The number of ether oxygens (including phenoxy) is 1. The van der Waals surface area contributed by atoms with Crippen molar-refractivity contribution in [1.82, 2.24) is 9.55 Å². The lowest BCUT2D eigenvalue weighted by molar-refractivity contribution is 0.0518. The summed E-state index contributed by atoms with van der Waals surface area (Å²) in [4.78, 5) is 21.5. The van der Waals surface area contributed by atoms with E-state index in [9.17, 15) is 9.18 Å². The topological polar surface area (TPSA) is 56.5 Å². The fourth-order valence-electron chi connectivity index (χ4n) is 3.60. The molecule has 4 rings (SSSR count). The van der Waals surface area contributed by atoms with Crippen LogP contribution in [0.3, 0.4) is 0 Å². The summed E-state index contributed by atoms with van der Waals surface area (Å²) >= 11 is 3.51. The number of carbonyl (C=O) groups is 1. The summed E-state index contributed by atoms with van der Waals surface area (Å²) < 4.78 is 22.6. The second-order valence-electron chi connectivity index (χ2n) is 6.64. The Morgan fingerprint density at radius 2 is 2.25 bits per heavy atom. The number of alkyl halides is 1. The Morgan fingerprint density at radius 3 is 3.00 bits per heavy atom. The number of imidazole rings is 1. The summed E-state index contributed by atoms with van der Waals surface area (Å²) in [7, 11) is 0. The number of aromatic nitrogens is 2. The molecule has 28 heavy (non-hydrogen) atoms. The van der Waals surface area contributed by atoms with Crippen LogP contribution in [0.5, 0.6) is 0 Å². The zero-order chi connectivity index (χ0) is 19.8. The molecule has 2 aliphatic rings. The first-order chi connectivity index (χ1) is 13.5. The van der Waals surface area contributed by atoms with E-state index >= 15 is 0 Å². The standard InChI is InChI=1S/C21H19BrFN3O2/c1-3-28-21(27)19-20-12(2)25-18(14-6-4-5-7-16(14)23)15-10-13(22)8-9-17(15)26(20)11-24-19/h4-6,8-12,16H,3,7H2,1-2H3. The highest BCUT2D eigenvalue weighted by Gasteiger charge is 2.31. The van der Waals surface area contributed by atoms with Gasteiger partial charge in [0.1, 0.15) is 12.5 Å². The Kier molecular flexibility index (Phi) is 5.02. The summed E-state index contributed by atoms with van der Waals surface area (Å²) in [6.07, 6.45) is 6.24. The SMILES string of the molecule is CCOC(=O)c1ncn2c1C(C)N=C(C1=CC=CCC1F)c1cc(Br)ccc1-2. The smallest absolute Gasteiger partial charge is 0.358 e. The van der Waals surface area contributed by atoms with Crippen LogP contribution in [-0.4, -0.2) is 34.0 Å². The largest absolute Gasteiger partial charge is 0.461 e. The quantitative estimate of drug-likeness (QED) is 0.633. The van der Waals surface area contributed by atoms with Crippen molar-refractivity contribution in [2.24, 2.45) is 4.99 Å². The highest BCUT2D eigenvalue weighted by molar-refractivity contribution is 9.10. The molecule has 1 aromatic carbocycles. The number of hydrogen-bond acceptors (Lipinski definition) is 4. The van der Waals surface area contributed by atoms with Crippen LogP contribution < -0.4 is 0 Å². The van der Waals surface area contributed by atoms with Crippen LogP contribution in [0.25, 0.3) is 5.69 Å². The van der Waals surface area contributed by atoms with Crippen LogP contribution >= 0.6 is 15.9 Å². The molecular formula is C21H19BrFN3O2. The number of halogens is 2. The molecule has 0 saturated heterocycles. The average molecular weight is 444 g/mol. The molecule has 2 heterocycles. The second kappa shape index (κ2) is 7.47. The van der Waals surface area contributed by atoms with Crippen molar-refractivity contribution in [2.75, 3.05) is 6.61 Å². The molecule has 0 fully saturated rings. The van der Waals surface area contributed by atoms with Gasteiger partial charge in [-0.1, -0.05) is 34.2 Å². The van der Waals surface area contributed by atoms with Crippen molar-refractivity contribution >= 4 is 27.6 Å². The molecule has 0 radical (unpaired) electrons. The van der Waals surface area contributed by atoms with Crippen LogP contribution in [0.4, 0.5) is 4.39 Å². The minimum Gasteiger partial charge on any atom is -0.461 e. The first-order valence-electron chi connectivity index (χ1n) is 9.14. The summed E-state index contributed by atoms with van der Waals surface area (Å²) in [5.41, 5.74) is 3.61. The Morgan fingerprint density at radius 1 is 1.43 bits per heavy atom. The molecule has 5 nitrogen and oxygen atoms in total. The molecule has 0 amide bonds. The van der Waals surface area contributed by atoms with E-state index in [4.69, 9.17) is 9.73 Å². The van der Waals surface area contributed by atoms with Gasteiger partial charge in [0, 0.05) is 22.0 Å². The van der Waals surface area contributed by atoms with E-state index in [1.165, 1.54) is 0 Å². The van der Waals surface area contributed by atoms with E-state index < -0.39 is 18.2 Å². The van der Waals surface area contributed by atoms with Gasteiger partial charge in [-0.3, -0.25) is 9.56 Å². The van der Waals surface area contributed by atoms with Gasteiger partial charge >= 0.3 is 5.97 Å². The van der Waals surface area contributed by atoms with Crippen LogP contribution in [0.2, 0.25) is 0 Å². The normalized spacial score (nSPS) is 20.6. The van der Waals surface area contributed by atoms with Gasteiger partial charge in [0.25, 0.3) is 0 Å². The third-order valence-electron chi connectivity index (χ3n) is 4.83. The molecule has 1 aliphatic carbocycles. The molecule has 0 saturated carbocycles. The molecule has 7 heteroatoms. The number of carbonyl (C=O) groups excluding carboxylic acids is 1. The Bertz CT molecular complexity index is 1040. The van der Waals surface area contributed by atoms with Gasteiger partial charge in [0.05, 0.1) is 29.7 Å². The molecule has 1 aromatic heterocycles. The van der Waals surface area contributed by atoms with Gasteiger partial charge in [-0.15, -0.1) is 0 Å². The van der Waals surface area contributed by atoms with Crippen molar-refractivity contribution in [3.63, 3.8) is 0 Å². The molecule has 0 bridgehead atoms.